The van der Waals surface area contributed by atoms with Crippen molar-refractivity contribution in [1.29, 1.82) is 0 Å². The average Bonchev–Trinajstić information content (AvgIpc) is 3.15. The topological polar surface area (TPSA) is 169 Å². The van der Waals surface area contributed by atoms with Gasteiger partial charge in [-0.15, -0.1) is 0 Å². The molecule has 4 amide bonds. The summed E-state index contributed by atoms with van der Waals surface area (Å²) in [6, 6.07) is 19.1. The second kappa shape index (κ2) is 21.5. The van der Waals surface area contributed by atoms with Gasteiger partial charge in [-0.25, -0.2) is 9.59 Å². The molecule has 0 heterocycles. The number of nitrogens with one attached hydrogen (secondary N) is 4. The molecule has 0 saturated carbocycles. The van der Waals surface area contributed by atoms with Gasteiger partial charge in [-0.2, -0.15) is 0 Å². The lowest BCUT2D eigenvalue weighted by Gasteiger charge is -2.08. The molecule has 0 saturated heterocycles. The zero-order chi connectivity index (χ0) is 36.1. The quantitative estimate of drug-likeness (QED) is 0.0980. The van der Waals surface area contributed by atoms with Crippen LogP contribution in [0.1, 0.15) is 114 Å². The fourth-order valence-corrected chi connectivity index (χ4v) is 4.95. The molecule has 12 nitrogen and oxygen atoms in total. The second-order valence-electron chi connectivity index (χ2n) is 11.6. The molecule has 50 heavy (non-hydrogen) atoms. The van der Waals surface area contributed by atoms with Crippen molar-refractivity contribution in [3.63, 3.8) is 0 Å². The highest BCUT2D eigenvalue weighted by Crippen LogP contribution is 2.09. The third kappa shape index (κ3) is 13.2. The van der Waals surface area contributed by atoms with Crippen molar-refractivity contribution in [2.24, 2.45) is 0 Å². The van der Waals surface area contributed by atoms with E-state index in [4.69, 9.17) is 0 Å². The fraction of sp³-hybridized carbons (Fsp3) is 0.368. The number of ether oxygens (including phenoxy) is 2. The number of benzene rings is 3. The van der Waals surface area contributed by atoms with Crippen LogP contribution in [-0.4, -0.2) is 76.0 Å². The van der Waals surface area contributed by atoms with Crippen molar-refractivity contribution >= 4 is 35.6 Å². The van der Waals surface area contributed by atoms with Gasteiger partial charge in [0.25, 0.3) is 23.6 Å². The predicted octanol–water partition coefficient (Wildman–Crippen LogP) is 4.70. The largest absolute Gasteiger partial charge is 0.465 e. The van der Waals surface area contributed by atoms with Crippen molar-refractivity contribution < 1.29 is 38.2 Å². The van der Waals surface area contributed by atoms with Crippen LogP contribution in [0.25, 0.3) is 0 Å². The predicted molar refractivity (Wildman–Crippen MR) is 188 cm³/mol. The molecule has 0 atom stereocenters. The summed E-state index contributed by atoms with van der Waals surface area (Å²) in [5.74, 6) is -1.70. The van der Waals surface area contributed by atoms with E-state index in [0.29, 0.717) is 59.6 Å². The van der Waals surface area contributed by atoms with Gasteiger partial charge < -0.3 is 30.7 Å². The minimum absolute atomic E-state index is 0.199. The zero-order valence-corrected chi connectivity index (χ0v) is 28.7. The number of unbranched alkanes of at least 4 members (excludes halogenated alkanes) is 6. The van der Waals surface area contributed by atoms with E-state index in [1.54, 1.807) is 72.8 Å². The molecule has 3 aromatic rings. The van der Waals surface area contributed by atoms with Gasteiger partial charge in [-0.1, -0.05) is 25.7 Å². The number of rotatable bonds is 20. The molecule has 0 aromatic heterocycles. The van der Waals surface area contributed by atoms with Gasteiger partial charge in [0.05, 0.1) is 25.3 Å². The van der Waals surface area contributed by atoms with Crippen LogP contribution >= 0.6 is 0 Å². The Morgan fingerprint density at radius 1 is 0.360 bits per heavy atom. The lowest BCUT2D eigenvalue weighted by molar-refractivity contribution is 0.0592. The summed E-state index contributed by atoms with van der Waals surface area (Å²) >= 11 is 0. The van der Waals surface area contributed by atoms with E-state index in [1.165, 1.54) is 14.2 Å². The Labute approximate surface area is 292 Å². The maximum Gasteiger partial charge on any atom is 0.337 e. The third-order valence-electron chi connectivity index (χ3n) is 7.89. The molecule has 3 rings (SSSR count). The first kappa shape index (κ1) is 38.9. The molecule has 12 heteroatoms. The standard InChI is InChI=1S/C38H46N4O8/c1-49-37(47)31-19-15-29(16-20-31)35(45)41-25-9-5-3-7-23-39-33(43)27-11-13-28(14-12-27)34(44)40-24-8-4-6-10-26-42-36(46)30-17-21-32(22-18-30)38(48)50-2/h11-22H,3-10,23-26H2,1-2H3,(H,39,43)(H,40,44)(H,41,45)(H,42,46). The van der Waals surface area contributed by atoms with Crippen LogP contribution in [-0.2, 0) is 9.47 Å². The van der Waals surface area contributed by atoms with Crippen LogP contribution < -0.4 is 21.3 Å². The Hall–Kier alpha value is -5.52. The number of methoxy groups -OCH3 is 2. The van der Waals surface area contributed by atoms with E-state index in [-0.39, 0.29) is 23.6 Å². The molecule has 0 radical (unpaired) electrons. The first-order chi connectivity index (χ1) is 24.2. The molecule has 0 bridgehead atoms. The van der Waals surface area contributed by atoms with Crippen molar-refractivity contribution in [3.05, 3.63) is 106 Å². The van der Waals surface area contributed by atoms with E-state index in [0.717, 1.165) is 51.4 Å². The summed E-state index contributed by atoms with van der Waals surface area (Å²) in [7, 11) is 2.61. The highest BCUT2D eigenvalue weighted by molar-refractivity contribution is 5.98. The summed E-state index contributed by atoms with van der Waals surface area (Å²) in [5, 5.41) is 11.5. The van der Waals surface area contributed by atoms with Gasteiger partial charge in [-0.3, -0.25) is 19.2 Å². The Kier molecular flexibility index (Phi) is 16.7. The molecular weight excluding hydrogens is 640 g/mol. The minimum Gasteiger partial charge on any atom is -0.465 e. The highest BCUT2D eigenvalue weighted by atomic mass is 16.5. The SMILES string of the molecule is COC(=O)c1ccc(C(=O)NCCCCCCNC(=O)c2ccc(C(=O)NCCCCCCNC(=O)c3ccc(C(=O)OC)cc3)cc2)cc1. The first-order valence-corrected chi connectivity index (χ1v) is 16.8. The zero-order valence-electron chi connectivity index (χ0n) is 28.7. The Morgan fingerprint density at radius 2 is 0.560 bits per heavy atom. The summed E-state index contributed by atoms with van der Waals surface area (Å²) in [4.78, 5) is 72.5. The van der Waals surface area contributed by atoms with Gasteiger partial charge in [-0.05, 0) is 98.5 Å². The van der Waals surface area contributed by atoms with Gasteiger partial charge in [0.2, 0.25) is 0 Å². The van der Waals surface area contributed by atoms with Gasteiger partial charge in [0, 0.05) is 48.4 Å². The summed E-state index contributed by atoms with van der Waals surface area (Å²) in [6.07, 6.45) is 6.82. The number of hydrogen-bond donors (Lipinski definition) is 4. The average molecular weight is 687 g/mol. The molecule has 4 N–H and O–H groups in total. The highest BCUT2D eigenvalue weighted by Gasteiger charge is 2.11. The molecule has 0 unspecified atom stereocenters. The molecule has 0 fully saturated rings. The van der Waals surface area contributed by atoms with Crippen molar-refractivity contribution in [3.8, 4) is 0 Å². The Bertz CT molecular complexity index is 1450. The lowest BCUT2D eigenvalue weighted by atomic mass is 10.1. The van der Waals surface area contributed by atoms with E-state index < -0.39 is 11.9 Å². The fourth-order valence-electron chi connectivity index (χ4n) is 4.95. The van der Waals surface area contributed by atoms with Crippen LogP contribution in [0.2, 0.25) is 0 Å². The normalized spacial score (nSPS) is 10.4. The van der Waals surface area contributed by atoms with Gasteiger partial charge in [0.1, 0.15) is 0 Å². The monoisotopic (exact) mass is 686 g/mol. The smallest absolute Gasteiger partial charge is 0.337 e. The van der Waals surface area contributed by atoms with E-state index >= 15 is 0 Å². The number of amides is 4. The van der Waals surface area contributed by atoms with Crippen LogP contribution in [0.4, 0.5) is 0 Å². The molecule has 0 aliphatic heterocycles. The van der Waals surface area contributed by atoms with Crippen molar-refractivity contribution in [2.45, 2.75) is 51.4 Å². The molecule has 0 aliphatic carbocycles. The van der Waals surface area contributed by atoms with Crippen molar-refractivity contribution in [2.75, 3.05) is 40.4 Å². The Morgan fingerprint density at radius 3 is 0.760 bits per heavy atom. The third-order valence-corrected chi connectivity index (χ3v) is 7.89. The molecule has 0 aliphatic rings. The molecule has 266 valence electrons. The lowest BCUT2D eigenvalue weighted by Crippen LogP contribution is -2.26. The maximum atomic E-state index is 12.5. The van der Waals surface area contributed by atoms with E-state index in [9.17, 15) is 28.8 Å². The van der Waals surface area contributed by atoms with Gasteiger partial charge in [0.15, 0.2) is 0 Å². The summed E-state index contributed by atoms with van der Waals surface area (Å²) in [6.45, 7) is 2.12. The maximum absolute atomic E-state index is 12.5. The number of esters is 2. The van der Waals surface area contributed by atoms with Crippen LogP contribution in [0, 0.1) is 0 Å². The molecule has 3 aromatic carbocycles. The van der Waals surface area contributed by atoms with Crippen LogP contribution in [0.5, 0.6) is 0 Å². The molecule has 0 spiro atoms. The minimum atomic E-state index is -0.450. The van der Waals surface area contributed by atoms with E-state index in [2.05, 4.69) is 30.7 Å². The van der Waals surface area contributed by atoms with Crippen molar-refractivity contribution in [1.82, 2.24) is 21.3 Å². The number of hydrogen-bond acceptors (Lipinski definition) is 8. The van der Waals surface area contributed by atoms with E-state index in [1.807, 2.05) is 0 Å². The van der Waals surface area contributed by atoms with Gasteiger partial charge >= 0.3 is 11.9 Å². The Balaban J connectivity index is 1.19. The van der Waals surface area contributed by atoms with Crippen LogP contribution in [0.15, 0.2) is 72.8 Å². The summed E-state index contributed by atoms with van der Waals surface area (Å²) in [5.41, 5.74) is 2.68. The number of carbonyl (C=O) groups is 6. The summed E-state index contributed by atoms with van der Waals surface area (Å²) < 4.78 is 9.31. The second-order valence-corrected chi connectivity index (χ2v) is 11.6. The first-order valence-electron chi connectivity index (χ1n) is 16.8. The molecular formula is C38H46N4O8. The number of carbonyl (C=O) groups excluding carboxylic acids is 6. The van der Waals surface area contributed by atoms with Crippen LogP contribution in [0.3, 0.4) is 0 Å².